The van der Waals surface area contributed by atoms with Crippen molar-refractivity contribution in [3.8, 4) is 0 Å². The van der Waals surface area contributed by atoms with Gasteiger partial charge in [0.15, 0.2) is 5.65 Å². The SMILES string of the molecule is CC(O)n1ncc2c(Cl)ccnc21. The van der Waals surface area contributed by atoms with Gasteiger partial charge in [0.1, 0.15) is 6.23 Å². The number of halogens is 1. The number of aromatic nitrogens is 3. The lowest BCUT2D eigenvalue weighted by molar-refractivity contribution is 0.115. The van der Waals surface area contributed by atoms with E-state index >= 15 is 0 Å². The summed E-state index contributed by atoms with van der Waals surface area (Å²) in [6.45, 7) is 1.62. The molecule has 0 spiro atoms. The predicted octanol–water partition coefficient (Wildman–Crippen LogP) is 1.60. The van der Waals surface area contributed by atoms with Crippen LogP contribution >= 0.6 is 11.6 Å². The van der Waals surface area contributed by atoms with Crippen molar-refractivity contribution in [2.45, 2.75) is 13.2 Å². The maximum absolute atomic E-state index is 9.32. The molecular weight excluding hydrogens is 190 g/mol. The lowest BCUT2D eigenvalue weighted by Gasteiger charge is -2.04. The van der Waals surface area contributed by atoms with Crippen LogP contribution in [0.3, 0.4) is 0 Å². The van der Waals surface area contributed by atoms with Gasteiger partial charge >= 0.3 is 0 Å². The second-order valence-electron chi connectivity index (χ2n) is 2.75. The van der Waals surface area contributed by atoms with E-state index in [2.05, 4.69) is 10.1 Å². The zero-order chi connectivity index (χ0) is 9.42. The summed E-state index contributed by atoms with van der Waals surface area (Å²) in [5.74, 6) is 0. The molecule has 0 aliphatic heterocycles. The molecule has 0 aromatic carbocycles. The first-order chi connectivity index (χ1) is 6.20. The maximum Gasteiger partial charge on any atom is 0.161 e. The molecule has 0 saturated carbocycles. The van der Waals surface area contributed by atoms with Gasteiger partial charge in [0.05, 0.1) is 16.6 Å². The molecule has 0 saturated heterocycles. The van der Waals surface area contributed by atoms with Gasteiger partial charge in [-0.1, -0.05) is 11.6 Å². The highest BCUT2D eigenvalue weighted by molar-refractivity contribution is 6.35. The molecule has 0 bridgehead atoms. The van der Waals surface area contributed by atoms with Crippen molar-refractivity contribution in [2.24, 2.45) is 0 Å². The summed E-state index contributed by atoms with van der Waals surface area (Å²) >= 11 is 5.90. The summed E-state index contributed by atoms with van der Waals surface area (Å²) in [5.41, 5.74) is 0.600. The Morgan fingerprint density at radius 2 is 2.38 bits per heavy atom. The van der Waals surface area contributed by atoms with Gasteiger partial charge in [-0.3, -0.25) is 0 Å². The van der Waals surface area contributed by atoms with E-state index in [4.69, 9.17) is 11.6 Å². The first-order valence-electron chi connectivity index (χ1n) is 3.86. The number of hydrogen-bond donors (Lipinski definition) is 1. The van der Waals surface area contributed by atoms with Crippen LogP contribution in [0.4, 0.5) is 0 Å². The van der Waals surface area contributed by atoms with Crippen molar-refractivity contribution in [3.05, 3.63) is 23.5 Å². The van der Waals surface area contributed by atoms with Gasteiger partial charge in [0, 0.05) is 6.20 Å². The zero-order valence-corrected chi connectivity index (χ0v) is 7.73. The highest BCUT2D eigenvalue weighted by Crippen LogP contribution is 2.21. The van der Waals surface area contributed by atoms with E-state index in [9.17, 15) is 5.11 Å². The molecule has 1 unspecified atom stereocenters. The van der Waals surface area contributed by atoms with Gasteiger partial charge in [0.2, 0.25) is 0 Å². The third-order valence-electron chi connectivity index (χ3n) is 1.80. The second-order valence-corrected chi connectivity index (χ2v) is 3.16. The Balaban J connectivity index is 2.75. The first kappa shape index (κ1) is 8.47. The van der Waals surface area contributed by atoms with Crippen LogP contribution in [0.1, 0.15) is 13.2 Å². The highest BCUT2D eigenvalue weighted by atomic mass is 35.5. The monoisotopic (exact) mass is 197 g/mol. The molecule has 2 heterocycles. The summed E-state index contributed by atoms with van der Waals surface area (Å²) in [6, 6.07) is 1.69. The molecule has 2 aromatic rings. The second kappa shape index (κ2) is 2.97. The Labute approximate surface area is 79.8 Å². The number of aliphatic hydroxyl groups is 1. The van der Waals surface area contributed by atoms with Gasteiger partial charge in [-0.2, -0.15) is 5.10 Å². The molecule has 0 fully saturated rings. The van der Waals surface area contributed by atoms with E-state index in [0.717, 1.165) is 5.39 Å². The molecule has 2 rings (SSSR count). The molecule has 0 aliphatic carbocycles. The first-order valence-corrected chi connectivity index (χ1v) is 4.23. The fourth-order valence-electron chi connectivity index (χ4n) is 1.19. The Bertz CT molecular complexity index is 438. The number of aliphatic hydroxyl groups excluding tert-OH is 1. The quantitative estimate of drug-likeness (QED) is 0.756. The van der Waals surface area contributed by atoms with Crippen LogP contribution in [-0.4, -0.2) is 19.9 Å². The van der Waals surface area contributed by atoms with E-state index in [1.807, 2.05) is 0 Å². The smallest absolute Gasteiger partial charge is 0.161 e. The van der Waals surface area contributed by atoms with Gasteiger partial charge in [-0.25, -0.2) is 9.67 Å². The summed E-state index contributed by atoms with van der Waals surface area (Å²) in [4.78, 5) is 4.08. The molecule has 68 valence electrons. The molecule has 1 atom stereocenters. The fourth-order valence-corrected chi connectivity index (χ4v) is 1.38. The molecule has 5 heteroatoms. The van der Waals surface area contributed by atoms with Crippen molar-refractivity contribution < 1.29 is 5.11 Å². The molecule has 0 aliphatic rings. The average Bonchev–Trinajstić information content (AvgIpc) is 2.48. The van der Waals surface area contributed by atoms with Crippen LogP contribution in [0.15, 0.2) is 18.5 Å². The van der Waals surface area contributed by atoms with E-state index in [1.54, 1.807) is 25.4 Å². The Kier molecular flexibility index (Phi) is 1.94. The minimum atomic E-state index is -0.691. The van der Waals surface area contributed by atoms with Crippen molar-refractivity contribution in [1.82, 2.24) is 14.8 Å². The summed E-state index contributed by atoms with van der Waals surface area (Å²) < 4.78 is 1.42. The van der Waals surface area contributed by atoms with Crippen LogP contribution < -0.4 is 0 Å². The van der Waals surface area contributed by atoms with Crippen LogP contribution in [0.2, 0.25) is 5.02 Å². The number of fused-ring (bicyclic) bond motifs is 1. The van der Waals surface area contributed by atoms with Gasteiger partial charge < -0.3 is 5.11 Å². The predicted molar refractivity (Wildman–Crippen MR) is 49.5 cm³/mol. The minimum Gasteiger partial charge on any atom is -0.372 e. The van der Waals surface area contributed by atoms with E-state index in [1.165, 1.54) is 4.68 Å². The Morgan fingerprint density at radius 1 is 1.62 bits per heavy atom. The highest BCUT2D eigenvalue weighted by Gasteiger charge is 2.09. The van der Waals surface area contributed by atoms with Gasteiger partial charge in [0.25, 0.3) is 0 Å². The van der Waals surface area contributed by atoms with Crippen molar-refractivity contribution in [2.75, 3.05) is 0 Å². The number of pyridine rings is 1. The Morgan fingerprint density at radius 3 is 3.08 bits per heavy atom. The van der Waals surface area contributed by atoms with Crippen LogP contribution in [0.5, 0.6) is 0 Å². The lowest BCUT2D eigenvalue weighted by Crippen LogP contribution is -2.05. The largest absolute Gasteiger partial charge is 0.372 e. The fraction of sp³-hybridized carbons (Fsp3) is 0.250. The Hall–Kier alpha value is -1.13. The number of hydrogen-bond acceptors (Lipinski definition) is 3. The molecule has 0 amide bonds. The topological polar surface area (TPSA) is 50.9 Å². The van der Waals surface area contributed by atoms with Crippen molar-refractivity contribution in [3.63, 3.8) is 0 Å². The number of rotatable bonds is 1. The summed E-state index contributed by atoms with van der Waals surface area (Å²) in [6.07, 6.45) is 2.49. The molecule has 2 aromatic heterocycles. The van der Waals surface area contributed by atoms with Crippen LogP contribution in [0, 0.1) is 0 Å². The third-order valence-corrected chi connectivity index (χ3v) is 2.13. The summed E-state index contributed by atoms with van der Waals surface area (Å²) in [7, 11) is 0. The molecular formula is C8H8ClN3O. The third kappa shape index (κ3) is 1.28. The van der Waals surface area contributed by atoms with E-state index in [-0.39, 0.29) is 0 Å². The zero-order valence-electron chi connectivity index (χ0n) is 6.98. The molecule has 1 N–H and O–H groups in total. The standard InChI is InChI=1S/C8H8ClN3O/c1-5(13)12-8-6(4-11-12)7(9)2-3-10-8/h2-5,13H,1H3. The molecule has 0 radical (unpaired) electrons. The molecule has 4 nitrogen and oxygen atoms in total. The van der Waals surface area contributed by atoms with Gasteiger partial charge in [-0.15, -0.1) is 0 Å². The number of nitrogens with zero attached hydrogens (tertiary/aromatic N) is 3. The molecule has 13 heavy (non-hydrogen) atoms. The average molecular weight is 198 g/mol. The van der Waals surface area contributed by atoms with Crippen molar-refractivity contribution in [1.29, 1.82) is 0 Å². The van der Waals surface area contributed by atoms with Crippen molar-refractivity contribution >= 4 is 22.6 Å². The van der Waals surface area contributed by atoms with Crippen LogP contribution in [0.25, 0.3) is 11.0 Å². The lowest BCUT2D eigenvalue weighted by atomic mass is 10.3. The normalized spacial score (nSPS) is 13.5. The minimum absolute atomic E-state index is 0.594. The van der Waals surface area contributed by atoms with Crippen LogP contribution in [-0.2, 0) is 0 Å². The van der Waals surface area contributed by atoms with Gasteiger partial charge in [-0.05, 0) is 13.0 Å². The van der Waals surface area contributed by atoms with E-state index in [0.29, 0.717) is 10.7 Å². The maximum atomic E-state index is 9.32. The summed E-state index contributed by atoms with van der Waals surface area (Å²) in [5, 5.41) is 14.6. The van der Waals surface area contributed by atoms with E-state index < -0.39 is 6.23 Å².